The van der Waals surface area contributed by atoms with Gasteiger partial charge in [-0.25, -0.2) is 0 Å². The Balaban J connectivity index is 1.59. The van der Waals surface area contributed by atoms with Gasteiger partial charge in [0.2, 0.25) is 0 Å². The van der Waals surface area contributed by atoms with Gasteiger partial charge in [0.15, 0.2) is 6.10 Å². The molecule has 40 heavy (non-hydrogen) atoms. The molecule has 8 nitrogen and oxygen atoms in total. The van der Waals surface area contributed by atoms with E-state index in [0.29, 0.717) is 18.9 Å². The van der Waals surface area contributed by atoms with Crippen molar-refractivity contribution in [3.05, 3.63) is 47.5 Å². The lowest BCUT2D eigenvalue weighted by Crippen LogP contribution is -2.58. The molecule has 1 N–H and O–H groups in total. The molecular formula is C32H42O8. The molecule has 1 aliphatic heterocycles. The molecule has 218 valence electrons. The normalized spacial score (nSPS) is 40.9. The lowest BCUT2D eigenvalue weighted by atomic mass is 9.74. The molecule has 4 aliphatic rings. The van der Waals surface area contributed by atoms with Crippen LogP contribution in [0.2, 0.25) is 0 Å². The van der Waals surface area contributed by atoms with Crippen LogP contribution in [0.3, 0.4) is 0 Å². The minimum atomic E-state index is -1.67. The van der Waals surface area contributed by atoms with Gasteiger partial charge in [-0.3, -0.25) is 14.4 Å². The third kappa shape index (κ3) is 5.20. The zero-order valence-corrected chi connectivity index (χ0v) is 24.3. The Morgan fingerprint density at radius 3 is 2.30 bits per heavy atom. The van der Waals surface area contributed by atoms with E-state index in [1.807, 2.05) is 44.2 Å². The SMILES string of the molecule is CC(=O)O[C@@H]1[C@H]2[C@@H](OC(=O)Cc3ccccc3)[C@@H](C)C[C@]2(O)[C@@H](OC(C)=O)/C(C)=C/[C@@H]2[C@H](CC[C@]13CO3)C2(C)C. The quantitative estimate of drug-likeness (QED) is 0.250. The number of hydrogen-bond donors (Lipinski definition) is 1. The Kier molecular flexibility index (Phi) is 7.41. The first kappa shape index (κ1) is 28.8. The number of epoxide rings is 1. The Hall–Kier alpha value is -2.71. The molecule has 3 fully saturated rings. The van der Waals surface area contributed by atoms with E-state index >= 15 is 0 Å². The maximum Gasteiger partial charge on any atom is 0.310 e. The predicted octanol–water partition coefficient (Wildman–Crippen LogP) is 4.17. The van der Waals surface area contributed by atoms with E-state index in [-0.39, 0.29) is 30.1 Å². The lowest BCUT2D eigenvalue weighted by molar-refractivity contribution is -0.194. The van der Waals surface area contributed by atoms with Crippen LogP contribution >= 0.6 is 0 Å². The fourth-order valence-corrected chi connectivity index (χ4v) is 7.69. The second-order valence-corrected chi connectivity index (χ2v) is 13.1. The third-order valence-electron chi connectivity index (χ3n) is 9.86. The van der Waals surface area contributed by atoms with Crippen LogP contribution in [0.25, 0.3) is 0 Å². The first-order chi connectivity index (χ1) is 18.8. The number of esters is 3. The number of benzene rings is 1. The summed E-state index contributed by atoms with van der Waals surface area (Å²) in [7, 11) is 0. The van der Waals surface area contributed by atoms with Gasteiger partial charge in [0.25, 0.3) is 0 Å². The Morgan fingerprint density at radius 2 is 1.70 bits per heavy atom. The molecule has 0 unspecified atom stereocenters. The van der Waals surface area contributed by atoms with Crippen LogP contribution in [0.4, 0.5) is 0 Å². The number of hydrogen-bond acceptors (Lipinski definition) is 8. The van der Waals surface area contributed by atoms with E-state index in [0.717, 1.165) is 17.6 Å². The van der Waals surface area contributed by atoms with Gasteiger partial charge in [0.1, 0.15) is 23.4 Å². The number of fused-ring (bicyclic) bond motifs is 2. The number of allylic oxidation sites excluding steroid dienone is 1. The monoisotopic (exact) mass is 554 g/mol. The number of carbonyl (C=O) groups is 3. The van der Waals surface area contributed by atoms with Crippen molar-refractivity contribution in [2.75, 3.05) is 6.61 Å². The minimum absolute atomic E-state index is 0.0503. The molecule has 0 bridgehead atoms. The van der Waals surface area contributed by atoms with Crippen molar-refractivity contribution in [1.82, 2.24) is 0 Å². The molecule has 2 saturated carbocycles. The predicted molar refractivity (Wildman–Crippen MR) is 146 cm³/mol. The largest absolute Gasteiger partial charge is 0.461 e. The summed E-state index contributed by atoms with van der Waals surface area (Å²) >= 11 is 0. The first-order valence-electron chi connectivity index (χ1n) is 14.4. The summed E-state index contributed by atoms with van der Waals surface area (Å²) in [5.74, 6) is -2.01. The molecule has 0 amide bonds. The maximum atomic E-state index is 13.2. The number of rotatable bonds is 5. The minimum Gasteiger partial charge on any atom is -0.461 e. The lowest BCUT2D eigenvalue weighted by Gasteiger charge is -2.43. The number of aliphatic hydroxyl groups is 1. The van der Waals surface area contributed by atoms with Crippen molar-refractivity contribution in [2.45, 2.75) is 96.7 Å². The molecule has 1 aromatic rings. The van der Waals surface area contributed by atoms with Crippen molar-refractivity contribution >= 4 is 17.9 Å². The van der Waals surface area contributed by atoms with Crippen molar-refractivity contribution in [3.63, 3.8) is 0 Å². The van der Waals surface area contributed by atoms with E-state index in [4.69, 9.17) is 18.9 Å². The van der Waals surface area contributed by atoms with Crippen LogP contribution < -0.4 is 0 Å². The van der Waals surface area contributed by atoms with Crippen LogP contribution in [0.15, 0.2) is 42.0 Å². The molecule has 1 spiro atoms. The third-order valence-corrected chi connectivity index (χ3v) is 9.86. The Labute approximate surface area is 236 Å². The summed E-state index contributed by atoms with van der Waals surface area (Å²) in [5, 5.41) is 12.7. The molecular weight excluding hydrogens is 512 g/mol. The van der Waals surface area contributed by atoms with Gasteiger partial charge in [-0.2, -0.15) is 0 Å². The fourth-order valence-electron chi connectivity index (χ4n) is 7.69. The van der Waals surface area contributed by atoms with Crippen LogP contribution in [0, 0.1) is 29.1 Å². The maximum absolute atomic E-state index is 13.2. The van der Waals surface area contributed by atoms with Gasteiger partial charge >= 0.3 is 17.9 Å². The summed E-state index contributed by atoms with van der Waals surface area (Å²) in [4.78, 5) is 38.2. The highest BCUT2D eigenvalue weighted by molar-refractivity contribution is 5.73. The summed E-state index contributed by atoms with van der Waals surface area (Å²) < 4.78 is 24.1. The van der Waals surface area contributed by atoms with Crippen molar-refractivity contribution in [2.24, 2.45) is 29.1 Å². The van der Waals surface area contributed by atoms with Crippen LogP contribution in [0.5, 0.6) is 0 Å². The van der Waals surface area contributed by atoms with Crippen molar-refractivity contribution in [1.29, 1.82) is 0 Å². The molecule has 1 saturated heterocycles. The summed E-state index contributed by atoms with van der Waals surface area (Å²) in [6.07, 6.45) is 1.22. The summed E-state index contributed by atoms with van der Waals surface area (Å²) in [5.41, 5.74) is -0.856. The Morgan fingerprint density at radius 1 is 1.05 bits per heavy atom. The number of ether oxygens (including phenoxy) is 4. The van der Waals surface area contributed by atoms with Gasteiger partial charge < -0.3 is 24.1 Å². The molecule has 9 atom stereocenters. The second-order valence-electron chi connectivity index (χ2n) is 13.1. The fraction of sp³-hybridized carbons (Fsp3) is 0.656. The zero-order valence-electron chi connectivity index (χ0n) is 24.3. The Bertz CT molecular complexity index is 1180. The van der Waals surface area contributed by atoms with Crippen molar-refractivity contribution < 1.29 is 38.4 Å². The van der Waals surface area contributed by atoms with Crippen molar-refractivity contribution in [3.8, 4) is 0 Å². The molecule has 0 aromatic heterocycles. The molecule has 8 heteroatoms. The average Bonchev–Trinajstić information content (AvgIpc) is 3.73. The highest BCUT2D eigenvalue weighted by atomic mass is 16.6. The second kappa shape index (κ2) is 10.3. The number of carbonyl (C=O) groups excluding carboxylic acids is 3. The molecule has 3 aliphatic carbocycles. The standard InChI is InChI=1S/C32H42O8/c1-18-14-24-23(30(24,5)6)12-13-31(17-37-31)29(39-21(4)34)26-27(40-25(35)15-22-10-8-7-9-11-22)19(2)16-32(26,36)28(18)38-20(3)33/h7-11,14,19,23-24,26-29,36H,12-13,15-17H2,1-6H3/b18-14+/t19-,23-,24+,26+,27-,28-,29+,31-,32+/m0/s1. The molecule has 1 aromatic carbocycles. The first-order valence-corrected chi connectivity index (χ1v) is 14.4. The van der Waals surface area contributed by atoms with Gasteiger partial charge in [-0.1, -0.05) is 57.2 Å². The van der Waals surface area contributed by atoms with E-state index < -0.39 is 53.3 Å². The van der Waals surface area contributed by atoms with Gasteiger partial charge in [0, 0.05) is 13.8 Å². The van der Waals surface area contributed by atoms with Crippen LogP contribution in [-0.2, 0) is 39.8 Å². The molecule has 0 radical (unpaired) electrons. The topological polar surface area (TPSA) is 112 Å². The molecule has 1 heterocycles. The van der Waals surface area contributed by atoms with Crippen LogP contribution in [0.1, 0.15) is 66.4 Å². The van der Waals surface area contributed by atoms with Crippen LogP contribution in [-0.4, -0.2) is 59.1 Å². The van der Waals surface area contributed by atoms with E-state index in [9.17, 15) is 19.5 Å². The van der Waals surface area contributed by atoms with Gasteiger partial charge in [-0.15, -0.1) is 0 Å². The zero-order chi connectivity index (χ0) is 29.0. The van der Waals surface area contributed by atoms with Gasteiger partial charge in [0.05, 0.1) is 18.9 Å². The summed E-state index contributed by atoms with van der Waals surface area (Å²) in [6.45, 7) is 11.3. The van der Waals surface area contributed by atoms with E-state index in [2.05, 4.69) is 19.9 Å². The van der Waals surface area contributed by atoms with E-state index in [1.54, 1.807) is 0 Å². The smallest absolute Gasteiger partial charge is 0.310 e. The summed E-state index contributed by atoms with van der Waals surface area (Å²) in [6, 6.07) is 9.31. The highest BCUT2D eigenvalue weighted by Crippen LogP contribution is 2.64. The molecule has 5 rings (SSSR count). The average molecular weight is 555 g/mol. The van der Waals surface area contributed by atoms with E-state index in [1.165, 1.54) is 13.8 Å². The van der Waals surface area contributed by atoms with Gasteiger partial charge in [-0.05, 0) is 60.5 Å². The highest BCUT2D eigenvalue weighted by Gasteiger charge is 2.70.